The monoisotopic (exact) mass is 260 g/mol. The van der Waals surface area contributed by atoms with Crippen molar-refractivity contribution in [2.24, 2.45) is 11.7 Å². The van der Waals surface area contributed by atoms with E-state index in [1.54, 1.807) is 4.31 Å². The molecule has 1 saturated carbocycles. The number of rotatable bonds is 4. The Balaban J connectivity index is 1.90. The molecule has 1 atom stereocenters. The Kier molecular flexibility index (Phi) is 4.44. The summed E-state index contributed by atoms with van der Waals surface area (Å²) in [4.78, 5) is 0. The molecule has 4 nitrogen and oxygen atoms in total. The Morgan fingerprint density at radius 2 is 1.65 bits per heavy atom. The maximum Gasteiger partial charge on any atom is 0.215 e. The zero-order valence-electron chi connectivity index (χ0n) is 10.5. The van der Waals surface area contributed by atoms with Crippen molar-refractivity contribution in [1.29, 1.82) is 0 Å². The number of hydrogen-bond acceptors (Lipinski definition) is 3. The van der Waals surface area contributed by atoms with Crippen LogP contribution < -0.4 is 5.73 Å². The molecule has 100 valence electrons. The van der Waals surface area contributed by atoms with Gasteiger partial charge in [0.15, 0.2) is 0 Å². The Hall–Kier alpha value is -0.130. The lowest BCUT2D eigenvalue weighted by Gasteiger charge is -2.28. The number of hydrogen-bond donors (Lipinski definition) is 1. The lowest BCUT2D eigenvalue weighted by Crippen LogP contribution is -2.42. The van der Waals surface area contributed by atoms with Gasteiger partial charge in [-0.15, -0.1) is 0 Å². The topological polar surface area (TPSA) is 63.4 Å². The van der Waals surface area contributed by atoms with Crippen LogP contribution in [0.4, 0.5) is 0 Å². The van der Waals surface area contributed by atoms with E-state index >= 15 is 0 Å². The minimum absolute atomic E-state index is 0.150. The molecule has 0 radical (unpaired) electrons. The fraction of sp³-hybridized carbons (Fsp3) is 1.00. The molecule has 1 aliphatic carbocycles. The largest absolute Gasteiger partial charge is 0.326 e. The van der Waals surface area contributed by atoms with Crippen LogP contribution in [0.3, 0.4) is 0 Å². The molecule has 17 heavy (non-hydrogen) atoms. The fourth-order valence-corrected chi connectivity index (χ4v) is 4.80. The van der Waals surface area contributed by atoms with Gasteiger partial charge in [-0.1, -0.05) is 19.3 Å². The van der Waals surface area contributed by atoms with Crippen LogP contribution in [0.2, 0.25) is 0 Å². The van der Waals surface area contributed by atoms with Crippen LogP contribution in [-0.2, 0) is 10.0 Å². The molecule has 0 aromatic carbocycles. The minimum Gasteiger partial charge on any atom is -0.326 e. The second-order valence-corrected chi connectivity index (χ2v) is 7.46. The standard InChI is InChI=1S/C12H24N2O2S/c13-12(11-6-2-1-3-7-11)10-17(15,16)14-8-4-5-9-14/h11-12H,1-10,13H2. The SMILES string of the molecule is NC(CS(=O)(=O)N1CCCC1)C1CCCCC1. The van der Waals surface area contributed by atoms with Gasteiger partial charge in [0.1, 0.15) is 0 Å². The average molecular weight is 260 g/mol. The van der Waals surface area contributed by atoms with Gasteiger partial charge >= 0.3 is 0 Å². The Morgan fingerprint density at radius 3 is 2.24 bits per heavy atom. The maximum atomic E-state index is 12.1. The summed E-state index contributed by atoms with van der Waals surface area (Å²) >= 11 is 0. The Morgan fingerprint density at radius 1 is 1.06 bits per heavy atom. The molecule has 0 aromatic heterocycles. The molecule has 2 rings (SSSR count). The van der Waals surface area contributed by atoms with Crippen molar-refractivity contribution in [3.05, 3.63) is 0 Å². The van der Waals surface area contributed by atoms with Gasteiger partial charge in [-0.05, 0) is 31.6 Å². The van der Waals surface area contributed by atoms with E-state index in [0.29, 0.717) is 19.0 Å². The maximum absolute atomic E-state index is 12.1. The third-order valence-corrected chi connectivity index (χ3v) is 6.07. The lowest BCUT2D eigenvalue weighted by molar-refractivity contribution is 0.315. The molecule has 1 heterocycles. The fourth-order valence-electron chi connectivity index (χ4n) is 3.01. The molecule has 1 aliphatic heterocycles. The van der Waals surface area contributed by atoms with Gasteiger partial charge in [0.2, 0.25) is 10.0 Å². The van der Waals surface area contributed by atoms with Crippen molar-refractivity contribution >= 4 is 10.0 Å². The summed E-state index contributed by atoms with van der Waals surface area (Å²) in [5.74, 6) is 0.568. The summed E-state index contributed by atoms with van der Waals surface area (Å²) in [6.07, 6.45) is 7.91. The number of sulfonamides is 1. The van der Waals surface area contributed by atoms with Gasteiger partial charge in [-0.25, -0.2) is 12.7 Å². The van der Waals surface area contributed by atoms with E-state index in [-0.39, 0.29) is 11.8 Å². The Labute approximate surface area is 105 Å². The highest BCUT2D eigenvalue weighted by molar-refractivity contribution is 7.89. The predicted octanol–water partition coefficient (Wildman–Crippen LogP) is 1.32. The molecule has 1 unspecified atom stereocenters. The molecule has 0 bridgehead atoms. The second kappa shape index (κ2) is 5.67. The first kappa shape index (κ1) is 13.3. The summed E-state index contributed by atoms with van der Waals surface area (Å²) < 4.78 is 25.9. The van der Waals surface area contributed by atoms with Gasteiger partial charge in [0, 0.05) is 19.1 Å². The normalized spacial score (nSPS) is 26.2. The highest BCUT2D eigenvalue weighted by Crippen LogP contribution is 2.27. The van der Waals surface area contributed by atoms with Gasteiger partial charge < -0.3 is 5.73 Å². The zero-order chi connectivity index (χ0) is 12.3. The van der Waals surface area contributed by atoms with Crippen molar-refractivity contribution < 1.29 is 8.42 Å². The van der Waals surface area contributed by atoms with Crippen LogP contribution in [0.15, 0.2) is 0 Å². The van der Waals surface area contributed by atoms with Crippen LogP contribution in [-0.4, -0.2) is 37.6 Å². The molecule has 2 N–H and O–H groups in total. The molecule has 0 spiro atoms. The zero-order valence-corrected chi connectivity index (χ0v) is 11.3. The van der Waals surface area contributed by atoms with Gasteiger partial charge in [0.05, 0.1) is 5.75 Å². The highest BCUT2D eigenvalue weighted by Gasteiger charge is 2.30. The first-order valence-electron chi connectivity index (χ1n) is 6.83. The van der Waals surface area contributed by atoms with Crippen molar-refractivity contribution in [2.45, 2.75) is 51.0 Å². The van der Waals surface area contributed by atoms with E-state index in [0.717, 1.165) is 25.7 Å². The van der Waals surface area contributed by atoms with Crippen molar-refractivity contribution in [3.63, 3.8) is 0 Å². The smallest absolute Gasteiger partial charge is 0.215 e. The lowest BCUT2D eigenvalue weighted by atomic mass is 9.85. The van der Waals surface area contributed by atoms with Gasteiger partial charge in [-0.3, -0.25) is 0 Å². The summed E-state index contributed by atoms with van der Waals surface area (Å²) in [5.41, 5.74) is 6.10. The molecular formula is C12H24N2O2S. The van der Waals surface area contributed by atoms with E-state index in [1.807, 2.05) is 0 Å². The molecule has 0 amide bonds. The molecule has 2 aliphatic rings. The van der Waals surface area contributed by atoms with Crippen LogP contribution >= 0.6 is 0 Å². The van der Waals surface area contributed by atoms with E-state index in [9.17, 15) is 8.42 Å². The van der Waals surface area contributed by atoms with Crippen LogP contribution in [0.25, 0.3) is 0 Å². The van der Waals surface area contributed by atoms with E-state index < -0.39 is 10.0 Å². The number of nitrogens with two attached hydrogens (primary N) is 1. The van der Waals surface area contributed by atoms with Crippen molar-refractivity contribution in [2.75, 3.05) is 18.8 Å². The van der Waals surface area contributed by atoms with Crippen molar-refractivity contribution in [1.82, 2.24) is 4.31 Å². The molecule has 1 saturated heterocycles. The third kappa shape index (κ3) is 3.42. The summed E-state index contributed by atoms with van der Waals surface area (Å²) in [5, 5.41) is 0. The van der Waals surface area contributed by atoms with Crippen LogP contribution in [0, 0.1) is 5.92 Å². The third-order valence-electron chi connectivity index (χ3n) is 4.12. The number of nitrogens with zero attached hydrogens (tertiary/aromatic N) is 1. The van der Waals surface area contributed by atoms with Crippen LogP contribution in [0.5, 0.6) is 0 Å². The summed E-state index contributed by atoms with van der Waals surface area (Å²) in [6, 6.07) is -0.166. The van der Waals surface area contributed by atoms with Gasteiger partial charge in [-0.2, -0.15) is 0 Å². The molecular weight excluding hydrogens is 236 g/mol. The summed E-state index contributed by atoms with van der Waals surface area (Å²) in [7, 11) is -3.10. The van der Waals surface area contributed by atoms with E-state index in [4.69, 9.17) is 5.73 Å². The van der Waals surface area contributed by atoms with Crippen LogP contribution in [0.1, 0.15) is 44.9 Å². The first-order valence-corrected chi connectivity index (χ1v) is 8.44. The minimum atomic E-state index is -3.10. The first-order chi connectivity index (χ1) is 8.09. The molecule has 5 heteroatoms. The second-order valence-electron chi connectivity index (χ2n) is 5.45. The van der Waals surface area contributed by atoms with Gasteiger partial charge in [0.25, 0.3) is 0 Å². The van der Waals surface area contributed by atoms with E-state index in [1.165, 1.54) is 19.3 Å². The quantitative estimate of drug-likeness (QED) is 0.829. The Bertz CT molecular complexity index is 330. The van der Waals surface area contributed by atoms with E-state index in [2.05, 4.69) is 0 Å². The summed E-state index contributed by atoms with van der Waals surface area (Å²) in [6.45, 7) is 1.39. The average Bonchev–Trinajstić information content (AvgIpc) is 2.84. The molecule has 2 fully saturated rings. The predicted molar refractivity (Wildman–Crippen MR) is 69.1 cm³/mol. The van der Waals surface area contributed by atoms with Crippen molar-refractivity contribution in [3.8, 4) is 0 Å². The molecule has 0 aromatic rings. The highest BCUT2D eigenvalue weighted by atomic mass is 32.2.